The van der Waals surface area contributed by atoms with Gasteiger partial charge in [-0.3, -0.25) is 5.32 Å². The molecule has 1 aromatic rings. The summed E-state index contributed by atoms with van der Waals surface area (Å²) >= 11 is 1.21. The quantitative estimate of drug-likeness (QED) is 0.839. The predicted octanol–water partition coefficient (Wildman–Crippen LogP) is 2.61. The minimum atomic E-state index is -0.232. The van der Waals surface area contributed by atoms with Crippen LogP contribution in [0.1, 0.15) is 39.9 Å². The van der Waals surface area contributed by atoms with Crippen molar-refractivity contribution in [3.8, 4) is 0 Å². The molecule has 2 rings (SSSR count). The molecule has 1 unspecified atom stereocenters. The van der Waals surface area contributed by atoms with E-state index in [1.54, 1.807) is 0 Å². The van der Waals surface area contributed by atoms with Gasteiger partial charge in [-0.2, -0.15) is 4.37 Å². The number of rotatable bonds is 3. The van der Waals surface area contributed by atoms with Crippen molar-refractivity contribution < 1.29 is 4.79 Å². The second kappa shape index (κ2) is 6.75. The van der Waals surface area contributed by atoms with Crippen LogP contribution in [0.15, 0.2) is 11.6 Å². The summed E-state index contributed by atoms with van der Waals surface area (Å²) in [5.74, 6) is 0.749. The van der Waals surface area contributed by atoms with Crippen LogP contribution in [0.5, 0.6) is 0 Å². The fraction of sp³-hybridized carbons (Fsp3) is 0.667. The molecule has 0 saturated heterocycles. The van der Waals surface area contributed by atoms with E-state index >= 15 is 0 Å². The summed E-state index contributed by atoms with van der Waals surface area (Å²) in [4.78, 5) is 18.7. The van der Waals surface area contributed by atoms with E-state index in [0.29, 0.717) is 5.13 Å². The van der Waals surface area contributed by atoms with Gasteiger partial charge in [-0.05, 0) is 26.0 Å². The van der Waals surface area contributed by atoms with Crippen LogP contribution in [-0.4, -0.2) is 46.5 Å². The molecule has 0 spiro atoms. The Balaban J connectivity index is 1.89. The van der Waals surface area contributed by atoms with Gasteiger partial charge < -0.3 is 10.2 Å². The Kier molecular flexibility index (Phi) is 5.18. The number of carbonyl (C=O) groups is 1. The Morgan fingerprint density at radius 3 is 2.73 bits per heavy atom. The van der Waals surface area contributed by atoms with Gasteiger partial charge in [0.25, 0.3) is 0 Å². The standard InChI is InChI=1S/C15H25N5OS/c1-10(11-6-8-20(5)9-7-11)16-13(21)18-14-17-12(19-22-14)15(2,3)4/h6,10H,7-9H2,1-5H3,(H2,16,17,18,19,21). The highest BCUT2D eigenvalue weighted by Gasteiger charge is 2.21. The zero-order valence-corrected chi connectivity index (χ0v) is 14.8. The van der Waals surface area contributed by atoms with Crippen LogP contribution in [-0.2, 0) is 5.41 Å². The Labute approximate surface area is 136 Å². The highest BCUT2D eigenvalue weighted by atomic mass is 32.1. The number of aromatic nitrogens is 2. The minimum Gasteiger partial charge on any atom is -0.332 e. The third-order valence-electron chi connectivity index (χ3n) is 3.67. The van der Waals surface area contributed by atoms with Gasteiger partial charge >= 0.3 is 6.03 Å². The summed E-state index contributed by atoms with van der Waals surface area (Å²) in [6.07, 6.45) is 3.18. The monoisotopic (exact) mass is 323 g/mol. The maximum atomic E-state index is 12.1. The summed E-state index contributed by atoms with van der Waals surface area (Å²) in [5.41, 5.74) is 1.17. The molecular formula is C15H25N5OS. The second-order valence-corrected chi connectivity index (χ2v) is 7.54. The van der Waals surface area contributed by atoms with Gasteiger partial charge in [0.2, 0.25) is 5.13 Å². The summed E-state index contributed by atoms with van der Waals surface area (Å²) < 4.78 is 4.29. The molecule has 6 nitrogen and oxygen atoms in total. The third kappa shape index (κ3) is 4.51. The summed E-state index contributed by atoms with van der Waals surface area (Å²) in [7, 11) is 2.10. The van der Waals surface area contributed by atoms with Crippen molar-refractivity contribution in [1.29, 1.82) is 0 Å². The van der Waals surface area contributed by atoms with Gasteiger partial charge in [0.05, 0.1) is 0 Å². The molecule has 0 bridgehead atoms. The molecule has 1 aliphatic rings. The molecule has 22 heavy (non-hydrogen) atoms. The zero-order valence-electron chi connectivity index (χ0n) is 13.9. The van der Waals surface area contributed by atoms with E-state index in [4.69, 9.17) is 0 Å². The van der Waals surface area contributed by atoms with Gasteiger partial charge in [-0.25, -0.2) is 9.78 Å². The summed E-state index contributed by atoms with van der Waals surface area (Å²) in [5, 5.41) is 6.27. The minimum absolute atomic E-state index is 0.0312. The zero-order chi connectivity index (χ0) is 16.3. The van der Waals surface area contributed by atoms with Crippen molar-refractivity contribution in [3.05, 3.63) is 17.5 Å². The first-order valence-corrected chi connectivity index (χ1v) is 8.32. The van der Waals surface area contributed by atoms with Gasteiger partial charge in [-0.15, -0.1) is 0 Å². The van der Waals surface area contributed by atoms with E-state index in [1.807, 2.05) is 27.7 Å². The van der Waals surface area contributed by atoms with Crippen LogP contribution >= 0.6 is 11.5 Å². The number of urea groups is 1. The van der Waals surface area contributed by atoms with Crippen molar-refractivity contribution >= 4 is 22.7 Å². The lowest BCUT2D eigenvalue weighted by Gasteiger charge is -2.26. The second-order valence-electron chi connectivity index (χ2n) is 6.78. The van der Waals surface area contributed by atoms with Gasteiger partial charge in [0.15, 0.2) is 0 Å². The molecule has 2 N–H and O–H groups in total. The van der Waals surface area contributed by atoms with Crippen molar-refractivity contribution in [3.63, 3.8) is 0 Å². The molecular weight excluding hydrogens is 298 g/mol. The van der Waals surface area contributed by atoms with E-state index < -0.39 is 0 Å². The largest absolute Gasteiger partial charge is 0.332 e. The lowest BCUT2D eigenvalue weighted by molar-refractivity contribution is 0.249. The topological polar surface area (TPSA) is 70.1 Å². The molecule has 122 valence electrons. The highest BCUT2D eigenvalue weighted by Crippen LogP contribution is 2.22. The number of nitrogens with one attached hydrogen (secondary N) is 2. The van der Waals surface area contributed by atoms with E-state index in [9.17, 15) is 4.79 Å². The summed E-state index contributed by atoms with van der Waals surface area (Å²) in [6.45, 7) is 10.1. The average molecular weight is 323 g/mol. The van der Waals surface area contributed by atoms with Crippen LogP contribution in [0.3, 0.4) is 0 Å². The Bertz CT molecular complexity index is 561. The van der Waals surface area contributed by atoms with Crippen LogP contribution in [0.4, 0.5) is 9.93 Å². The number of hydrogen-bond acceptors (Lipinski definition) is 5. The SMILES string of the molecule is CC(NC(=O)Nc1nc(C(C)(C)C)ns1)C1=CCN(C)CC1. The highest BCUT2D eigenvalue weighted by molar-refractivity contribution is 7.09. The number of nitrogens with zero attached hydrogens (tertiary/aromatic N) is 3. The number of hydrogen-bond donors (Lipinski definition) is 2. The lowest BCUT2D eigenvalue weighted by atomic mass is 9.96. The molecule has 0 saturated carbocycles. The molecule has 0 aromatic carbocycles. The van der Waals surface area contributed by atoms with Crippen LogP contribution in [0.2, 0.25) is 0 Å². The molecule has 2 heterocycles. The molecule has 0 aliphatic carbocycles. The first-order valence-electron chi connectivity index (χ1n) is 7.55. The first kappa shape index (κ1) is 16.9. The molecule has 7 heteroatoms. The van der Waals surface area contributed by atoms with Crippen LogP contribution < -0.4 is 10.6 Å². The van der Waals surface area contributed by atoms with Crippen molar-refractivity contribution in [2.24, 2.45) is 0 Å². The molecule has 0 fully saturated rings. The number of anilines is 1. The normalized spacial score (nSPS) is 17.8. The number of likely N-dealkylation sites (N-methyl/N-ethyl adjacent to an activating group) is 1. The predicted molar refractivity (Wildman–Crippen MR) is 90.4 cm³/mol. The fourth-order valence-corrected chi connectivity index (χ4v) is 2.93. The molecule has 1 aliphatic heterocycles. The van der Waals surface area contributed by atoms with E-state index in [0.717, 1.165) is 25.3 Å². The Hall–Kier alpha value is -1.47. The smallest absolute Gasteiger partial charge is 0.321 e. The average Bonchev–Trinajstić information content (AvgIpc) is 2.87. The van der Waals surface area contributed by atoms with Gasteiger partial charge in [0, 0.05) is 36.1 Å². The summed E-state index contributed by atoms with van der Waals surface area (Å²) in [6, 6.07) is -0.201. The molecule has 1 aromatic heterocycles. The first-order chi connectivity index (χ1) is 10.3. The van der Waals surface area contributed by atoms with E-state index in [1.165, 1.54) is 17.1 Å². The van der Waals surface area contributed by atoms with E-state index in [-0.39, 0.29) is 17.5 Å². The lowest BCUT2D eigenvalue weighted by Crippen LogP contribution is -2.39. The van der Waals surface area contributed by atoms with Crippen LogP contribution in [0, 0.1) is 0 Å². The van der Waals surface area contributed by atoms with Crippen molar-refractivity contribution in [2.75, 3.05) is 25.5 Å². The maximum absolute atomic E-state index is 12.1. The molecule has 1 atom stereocenters. The van der Waals surface area contributed by atoms with Crippen molar-refractivity contribution in [2.45, 2.75) is 45.6 Å². The Morgan fingerprint density at radius 1 is 1.45 bits per heavy atom. The Morgan fingerprint density at radius 2 is 2.18 bits per heavy atom. The van der Waals surface area contributed by atoms with Crippen molar-refractivity contribution in [1.82, 2.24) is 19.6 Å². The molecule has 2 amide bonds. The van der Waals surface area contributed by atoms with Crippen LogP contribution in [0.25, 0.3) is 0 Å². The number of carbonyl (C=O) groups excluding carboxylic acids is 1. The maximum Gasteiger partial charge on any atom is 0.321 e. The molecule has 0 radical (unpaired) electrons. The van der Waals surface area contributed by atoms with Gasteiger partial charge in [-0.1, -0.05) is 26.8 Å². The van der Waals surface area contributed by atoms with E-state index in [2.05, 4.69) is 38.0 Å². The number of amides is 2. The van der Waals surface area contributed by atoms with Gasteiger partial charge in [0.1, 0.15) is 5.82 Å². The fourth-order valence-electron chi connectivity index (χ4n) is 2.18. The third-order valence-corrected chi connectivity index (χ3v) is 4.30.